The van der Waals surface area contributed by atoms with E-state index in [0.717, 1.165) is 16.2 Å². The highest BCUT2D eigenvalue weighted by Crippen LogP contribution is 2.39. The van der Waals surface area contributed by atoms with Crippen LogP contribution in [0.4, 0.5) is 0 Å². The number of nitrogens with zero attached hydrogens (tertiary/aromatic N) is 1. The first kappa shape index (κ1) is 12.1. The number of thioether (sulfide) groups is 1. The number of aromatic amines is 1. The van der Waals surface area contributed by atoms with E-state index in [4.69, 9.17) is 12.2 Å². The van der Waals surface area contributed by atoms with Crippen LogP contribution < -0.4 is 0 Å². The molecular formula is C12H18N2S2. The normalized spacial score (nSPS) is 16.4. The Hall–Kier alpha value is -0.350. The van der Waals surface area contributed by atoms with Crippen molar-refractivity contribution in [1.82, 2.24) is 9.97 Å². The maximum absolute atomic E-state index is 5.20. The van der Waals surface area contributed by atoms with E-state index in [9.17, 15) is 0 Å². The lowest BCUT2D eigenvalue weighted by Crippen LogP contribution is -2.09. The second kappa shape index (κ2) is 4.49. The molecule has 1 heterocycles. The molecule has 0 spiro atoms. The molecule has 1 aromatic heterocycles. The fraction of sp³-hybridized carbons (Fsp3) is 0.667. The van der Waals surface area contributed by atoms with Gasteiger partial charge in [-0.2, -0.15) is 0 Å². The van der Waals surface area contributed by atoms with Gasteiger partial charge in [0.2, 0.25) is 0 Å². The van der Waals surface area contributed by atoms with E-state index < -0.39 is 0 Å². The number of rotatable bonds is 3. The van der Waals surface area contributed by atoms with Crippen LogP contribution in [0.5, 0.6) is 0 Å². The number of hydrogen-bond acceptors (Lipinski definition) is 3. The lowest BCUT2D eigenvalue weighted by Gasteiger charge is -2.17. The highest BCUT2D eigenvalue weighted by molar-refractivity contribution is 7.99. The molecule has 0 amide bonds. The van der Waals surface area contributed by atoms with Crippen LogP contribution in [0.15, 0.2) is 6.07 Å². The van der Waals surface area contributed by atoms with Gasteiger partial charge in [-0.1, -0.05) is 33.0 Å². The summed E-state index contributed by atoms with van der Waals surface area (Å²) in [6.07, 6.45) is 2.59. The molecular weight excluding hydrogens is 236 g/mol. The first-order chi connectivity index (χ1) is 7.44. The summed E-state index contributed by atoms with van der Waals surface area (Å²) in [4.78, 5) is 7.81. The molecule has 2 rings (SSSR count). The minimum atomic E-state index is 0.271. The molecule has 2 nitrogen and oxygen atoms in total. The van der Waals surface area contributed by atoms with Crippen molar-refractivity contribution in [2.45, 2.75) is 50.0 Å². The van der Waals surface area contributed by atoms with Gasteiger partial charge in [-0.3, -0.25) is 0 Å². The summed E-state index contributed by atoms with van der Waals surface area (Å²) in [7, 11) is 0. The van der Waals surface area contributed by atoms with E-state index >= 15 is 0 Å². The number of H-pyrrole nitrogens is 1. The molecule has 88 valence electrons. The summed E-state index contributed by atoms with van der Waals surface area (Å²) in [5.74, 6) is 2.64. The molecule has 1 saturated carbocycles. The molecule has 0 saturated heterocycles. The fourth-order valence-electron chi connectivity index (χ4n) is 1.50. The van der Waals surface area contributed by atoms with Gasteiger partial charge in [0.15, 0.2) is 0 Å². The minimum Gasteiger partial charge on any atom is -0.346 e. The minimum absolute atomic E-state index is 0.271. The van der Waals surface area contributed by atoms with Gasteiger partial charge in [0.1, 0.15) is 10.5 Å². The third kappa shape index (κ3) is 3.59. The van der Waals surface area contributed by atoms with Crippen molar-refractivity contribution in [3.8, 4) is 0 Å². The molecule has 0 atom stereocenters. The van der Waals surface area contributed by atoms with Gasteiger partial charge in [0.05, 0.1) is 5.75 Å². The predicted molar refractivity (Wildman–Crippen MR) is 72.4 cm³/mol. The lowest BCUT2D eigenvalue weighted by atomic mass is 10.3. The number of nitrogens with one attached hydrogen (secondary N) is 1. The summed E-state index contributed by atoms with van der Waals surface area (Å²) in [5, 5.41) is 0. The van der Waals surface area contributed by atoms with Gasteiger partial charge in [0.25, 0.3) is 0 Å². The quantitative estimate of drug-likeness (QED) is 0.825. The molecule has 0 radical (unpaired) electrons. The third-order valence-corrected chi connectivity index (χ3v) is 3.96. The van der Waals surface area contributed by atoms with Crippen LogP contribution in [-0.2, 0) is 5.75 Å². The van der Waals surface area contributed by atoms with Gasteiger partial charge in [-0.25, -0.2) is 4.98 Å². The van der Waals surface area contributed by atoms with Crippen molar-refractivity contribution >= 4 is 24.0 Å². The summed E-state index contributed by atoms with van der Waals surface area (Å²) in [6, 6.07) is 2.01. The molecule has 1 fully saturated rings. The zero-order valence-electron chi connectivity index (χ0n) is 10.0. The van der Waals surface area contributed by atoms with Crippen molar-refractivity contribution < 1.29 is 0 Å². The van der Waals surface area contributed by atoms with Gasteiger partial charge >= 0.3 is 0 Å². The van der Waals surface area contributed by atoms with Crippen LogP contribution in [0.1, 0.15) is 51.0 Å². The van der Waals surface area contributed by atoms with E-state index in [1.54, 1.807) is 0 Å². The maximum atomic E-state index is 5.20. The van der Waals surface area contributed by atoms with Crippen LogP contribution in [0, 0.1) is 4.64 Å². The highest BCUT2D eigenvalue weighted by atomic mass is 32.2. The molecule has 0 bridgehead atoms. The molecule has 4 heteroatoms. The van der Waals surface area contributed by atoms with E-state index in [1.165, 1.54) is 18.5 Å². The Bertz CT molecular complexity index is 427. The van der Waals surface area contributed by atoms with E-state index in [2.05, 4.69) is 30.7 Å². The highest BCUT2D eigenvalue weighted by Gasteiger charge is 2.24. The Balaban J connectivity index is 2.11. The van der Waals surface area contributed by atoms with Crippen molar-refractivity contribution in [2.75, 3.05) is 0 Å². The van der Waals surface area contributed by atoms with E-state index in [0.29, 0.717) is 5.92 Å². The molecule has 1 aliphatic carbocycles. The van der Waals surface area contributed by atoms with Crippen molar-refractivity contribution in [3.05, 3.63) is 22.2 Å². The zero-order valence-corrected chi connectivity index (χ0v) is 11.7. The standard InChI is InChI=1S/C12H18N2S2/c1-12(2,3)16-7-10-13-9(8-4-5-8)6-11(15)14-10/h6,8H,4-5,7H2,1-3H3,(H,13,14,15). The number of aromatic nitrogens is 2. The topological polar surface area (TPSA) is 28.7 Å². The van der Waals surface area contributed by atoms with Gasteiger partial charge in [0, 0.05) is 10.4 Å². The Morgan fingerprint density at radius 2 is 2.19 bits per heavy atom. The van der Waals surface area contributed by atoms with Crippen molar-refractivity contribution in [1.29, 1.82) is 0 Å². The predicted octanol–water partition coefficient (Wildman–Crippen LogP) is 4.05. The third-order valence-electron chi connectivity index (χ3n) is 2.47. The van der Waals surface area contributed by atoms with Gasteiger partial charge < -0.3 is 4.98 Å². The lowest BCUT2D eigenvalue weighted by molar-refractivity contribution is 0.798. The second-order valence-corrected chi connectivity index (χ2v) is 7.52. The van der Waals surface area contributed by atoms with E-state index in [-0.39, 0.29) is 4.75 Å². The molecule has 1 aliphatic rings. The maximum Gasteiger partial charge on any atom is 0.130 e. The second-order valence-electron chi connectivity index (χ2n) is 5.30. The smallest absolute Gasteiger partial charge is 0.130 e. The molecule has 0 aromatic carbocycles. The van der Waals surface area contributed by atoms with Gasteiger partial charge in [-0.05, 0) is 24.8 Å². The van der Waals surface area contributed by atoms with Crippen LogP contribution in [0.25, 0.3) is 0 Å². The molecule has 1 aromatic rings. The Morgan fingerprint density at radius 1 is 1.50 bits per heavy atom. The average molecular weight is 254 g/mol. The summed E-state index contributed by atoms with van der Waals surface area (Å²) in [6.45, 7) is 6.66. The largest absolute Gasteiger partial charge is 0.346 e. The van der Waals surface area contributed by atoms with E-state index in [1.807, 2.05) is 17.8 Å². The fourth-order valence-corrected chi connectivity index (χ4v) is 2.44. The number of hydrogen-bond donors (Lipinski definition) is 1. The molecule has 0 aliphatic heterocycles. The van der Waals surface area contributed by atoms with Crippen LogP contribution >= 0.6 is 24.0 Å². The van der Waals surface area contributed by atoms with Crippen LogP contribution in [0.3, 0.4) is 0 Å². The molecule has 0 unspecified atom stereocenters. The van der Waals surface area contributed by atoms with Crippen LogP contribution in [-0.4, -0.2) is 14.7 Å². The Morgan fingerprint density at radius 3 is 2.75 bits per heavy atom. The first-order valence-corrected chi connectivity index (χ1v) is 7.07. The van der Waals surface area contributed by atoms with Gasteiger partial charge in [-0.15, -0.1) is 11.8 Å². The first-order valence-electron chi connectivity index (χ1n) is 5.68. The van der Waals surface area contributed by atoms with Crippen LogP contribution in [0.2, 0.25) is 0 Å². The SMILES string of the molecule is CC(C)(C)SCc1nc(=S)cc(C2CC2)[nH]1. The Kier molecular flexibility index (Phi) is 3.40. The average Bonchev–Trinajstić information content (AvgIpc) is 2.95. The summed E-state index contributed by atoms with van der Waals surface area (Å²) >= 11 is 7.10. The van der Waals surface area contributed by atoms with Crippen molar-refractivity contribution in [3.63, 3.8) is 0 Å². The molecule has 16 heavy (non-hydrogen) atoms. The zero-order chi connectivity index (χ0) is 11.8. The Labute approximate surface area is 106 Å². The molecule has 1 N–H and O–H groups in total. The summed E-state index contributed by atoms with van der Waals surface area (Å²) < 4.78 is 0.998. The monoisotopic (exact) mass is 254 g/mol. The summed E-state index contributed by atoms with van der Waals surface area (Å²) in [5.41, 5.74) is 1.28. The van der Waals surface area contributed by atoms with Crippen molar-refractivity contribution in [2.24, 2.45) is 0 Å².